The number of benzene rings is 1. The molecule has 2 aromatic rings. The lowest BCUT2D eigenvalue weighted by Crippen LogP contribution is -2.26. The van der Waals surface area contributed by atoms with Crippen molar-refractivity contribution in [1.29, 1.82) is 0 Å². The highest BCUT2D eigenvalue weighted by Crippen LogP contribution is 2.23. The Kier molecular flexibility index (Phi) is 5.89. The van der Waals surface area contributed by atoms with Crippen LogP contribution in [0.3, 0.4) is 0 Å². The van der Waals surface area contributed by atoms with Crippen LogP contribution in [0.25, 0.3) is 17.0 Å². The SMILES string of the molecule is CC(=O)SCC=Cc1cn(CC(=O)OC(C)(C)C)c2ccccc12. The van der Waals surface area contributed by atoms with Crippen LogP contribution in [0.5, 0.6) is 0 Å². The van der Waals surface area contributed by atoms with Gasteiger partial charge in [-0.05, 0) is 32.4 Å². The summed E-state index contributed by atoms with van der Waals surface area (Å²) in [6.45, 7) is 7.32. The molecule has 1 aromatic carbocycles. The number of nitrogens with zero attached hydrogens (tertiary/aromatic N) is 1. The third kappa shape index (κ3) is 5.27. The van der Waals surface area contributed by atoms with Crippen LogP contribution in [0.2, 0.25) is 0 Å². The molecule has 1 heterocycles. The largest absolute Gasteiger partial charge is 0.459 e. The monoisotopic (exact) mass is 345 g/mol. The van der Waals surface area contributed by atoms with Crippen LogP contribution in [0.4, 0.5) is 0 Å². The van der Waals surface area contributed by atoms with Crippen LogP contribution in [0.1, 0.15) is 33.3 Å². The minimum Gasteiger partial charge on any atom is -0.459 e. The van der Waals surface area contributed by atoms with Crippen molar-refractivity contribution >= 4 is 39.8 Å². The Morgan fingerprint density at radius 3 is 2.62 bits per heavy atom. The van der Waals surface area contributed by atoms with Gasteiger partial charge in [0.25, 0.3) is 0 Å². The highest BCUT2D eigenvalue weighted by Gasteiger charge is 2.17. The fourth-order valence-electron chi connectivity index (χ4n) is 2.39. The summed E-state index contributed by atoms with van der Waals surface area (Å²) in [5.74, 6) is 0.381. The number of hydrogen-bond donors (Lipinski definition) is 0. The van der Waals surface area contributed by atoms with E-state index in [1.54, 1.807) is 6.92 Å². The number of rotatable bonds is 5. The van der Waals surface area contributed by atoms with Gasteiger partial charge in [-0.15, -0.1) is 0 Å². The van der Waals surface area contributed by atoms with Crippen LogP contribution >= 0.6 is 11.8 Å². The number of esters is 1. The van der Waals surface area contributed by atoms with Gasteiger partial charge in [0.15, 0.2) is 5.12 Å². The first kappa shape index (κ1) is 18.3. The summed E-state index contributed by atoms with van der Waals surface area (Å²) < 4.78 is 7.31. The lowest BCUT2D eigenvalue weighted by Gasteiger charge is -2.19. The van der Waals surface area contributed by atoms with E-state index in [1.165, 1.54) is 11.8 Å². The first-order valence-corrected chi connectivity index (χ1v) is 8.84. The van der Waals surface area contributed by atoms with Crippen molar-refractivity contribution in [3.05, 3.63) is 42.1 Å². The molecular weight excluding hydrogens is 322 g/mol. The Morgan fingerprint density at radius 2 is 1.96 bits per heavy atom. The number of hydrogen-bond acceptors (Lipinski definition) is 4. The molecule has 5 heteroatoms. The number of aromatic nitrogens is 1. The average Bonchev–Trinajstić information content (AvgIpc) is 2.80. The lowest BCUT2D eigenvalue weighted by atomic mass is 10.2. The molecule has 24 heavy (non-hydrogen) atoms. The van der Waals surface area contributed by atoms with Crippen LogP contribution < -0.4 is 0 Å². The van der Waals surface area contributed by atoms with Gasteiger partial charge in [0, 0.05) is 29.8 Å². The smallest absolute Gasteiger partial charge is 0.326 e. The predicted molar refractivity (Wildman–Crippen MR) is 100.0 cm³/mol. The van der Waals surface area contributed by atoms with Gasteiger partial charge in [-0.25, -0.2) is 0 Å². The summed E-state index contributed by atoms with van der Waals surface area (Å²) in [7, 11) is 0. The molecule has 0 unspecified atom stereocenters. The number of thioether (sulfide) groups is 1. The summed E-state index contributed by atoms with van der Waals surface area (Å²) >= 11 is 1.27. The van der Waals surface area contributed by atoms with E-state index in [1.807, 2.05) is 68.0 Å². The minimum absolute atomic E-state index is 0.104. The molecule has 0 aliphatic rings. The van der Waals surface area contributed by atoms with Gasteiger partial charge in [0.05, 0.1) is 0 Å². The summed E-state index contributed by atoms with van der Waals surface area (Å²) in [5, 5.41) is 1.18. The molecule has 0 aliphatic heterocycles. The number of carbonyl (C=O) groups is 2. The van der Waals surface area contributed by atoms with Crippen LogP contribution in [0, 0.1) is 0 Å². The van der Waals surface area contributed by atoms with E-state index in [0.29, 0.717) is 5.75 Å². The van der Waals surface area contributed by atoms with Gasteiger partial charge in [0.2, 0.25) is 0 Å². The first-order valence-electron chi connectivity index (χ1n) is 7.86. The van der Waals surface area contributed by atoms with E-state index in [4.69, 9.17) is 4.74 Å². The van der Waals surface area contributed by atoms with E-state index >= 15 is 0 Å². The maximum atomic E-state index is 12.1. The molecule has 0 fully saturated rings. The van der Waals surface area contributed by atoms with Crippen molar-refractivity contribution in [2.75, 3.05) is 5.75 Å². The molecular formula is C19H23NO3S. The molecule has 0 N–H and O–H groups in total. The maximum absolute atomic E-state index is 12.1. The Balaban J connectivity index is 2.22. The lowest BCUT2D eigenvalue weighted by molar-refractivity contribution is -0.155. The van der Waals surface area contributed by atoms with E-state index < -0.39 is 5.60 Å². The van der Waals surface area contributed by atoms with E-state index in [-0.39, 0.29) is 17.6 Å². The second-order valence-corrected chi connectivity index (χ2v) is 7.72. The van der Waals surface area contributed by atoms with E-state index in [2.05, 4.69) is 0 Å². The van der Waals surface area contributed by atoms with E-state index in [0.717, 1.165) is 16.5 Å². The zero-order chi connectivity index (χ0) is 17.7. The molecule has 0 spiro atoms. The highest BCUT2D eigenvalue weighted by atomic mass is 32.2. The molecule has 4 nitrogen and oxygen atoms in total. The van der Waals surface area contributed by atoms with Gasteiger partial charge in [-0.3, -0.25) is 9.59 Å². The first-order chi connectivity index (χ1) is 11.3. The van der Waals surface area contributed by atoms with Crippen molar-refractivity contribution in [3.63, 3.8) is 0 Å². The highest BCUT2D eigenvalue weighted by molar-refractivity contribution is 8.13. The zero-order valence-corrected chi connectivity index (χ0v) is 15.4. The normalized spacial score (nSPS) is 12.0. The molecule has 0 aliphatic carbocycles. The molecule has 0 atom stereocenters. The Hall–Kier alpha value is -2.01. The molecule has 2 rings (SSSR count). The predicted octanol–water partition coefficient (Wildman–Crippen LogP) is 4.28. The zero-order valence-electron chi connectivity index (χ0n) is 14.5. The summed E-state index contributed by atoms with van der Waals surface area (Å²) in [6, 6.07) is 7.94. The fourth-order valence-corrected chi connectivity index (χ4v) is 2.82. The van der Waals surface area contributed by atoms with Gasteiger partial charge in [-0.2, -0.15) is 0 Å². The third-order valence-corrected chi connectivity index (χ3v) is 3.98. The molecule has 0 radical (unpaired) electrons. The number of para-hydroxylation sites is 1. The second-order valence-electron chi connectivity index (χ2n) is 6.52. The third-order valence-electron chi connectivity index (χ3n) is 3.22. The summed E-state index contributed by atoms with van der Waals surface area (Å²) in [4.78, 5) is 23.1. The van der Waals surface area contributed by atoms with E-state index in [9.17, 15) is 9.59 Å². The molecule has 1 aromatic heterocycles. The van der Waals surface area contributed by atoms with Crippen LogP contribution in [-0.4, -0.2) is 27.0 Å². The molecule has 0 bridgehead atoms. The second kappa shape index (κ2) is 7.71. The van der Waals surface area contributed by atoms with Crippen molar-refractivity contribution < 1.29 is 14.3 Å². The van der Waals surface area contributed by atoms with Gasteiger partial charge < -0.3 is 9.30 Å². The van der Waals surface area contributed by atoms with Crippen LogP contribution in [0.15, 0.2) is 36.5 Å². The standard InChI is InChI=1S/C19H23NO3S/c1-14(21)24-11-7-8-15-12-20(13-18(22)23-19(2,3)4)17-10-6-5-9-16(15)17/h5-10,12H,11,13H2,1-4H3. The Labute approximate surface area is 146 Å². The van der Waals surface area contributed by atoms with Crippen LogP contribution in [-0.2, 0) is 20.9 Å². The minimum atomic E-state index is -0.493. The Morgan fingerprint density at radius 1 is 1.25 bits per heavy atom. The maximum Gasteiger partial charge on any atom is 0.326 e. The molecule has 0 saturated heterocycles. The average molecular weight is 345 g/mol. The Bertz CT molecular complexity index is 769. The molecule has 0 saturated carbocycles. The summed E-state index contributed by atoms with van der Waals surface area (Å²) in [6.07, 6.45) is 5.90. The number of carbonyl (C=O) groups excluding carboxylic acids is 2. The van der Waals surface area contributed by atoms with Crippen molar-refractivity contribution in [3.8, 4) is 0 Å². The fraction of sp³-hybridized carbons (Fsp3) is 0.368. The molecule has 128 valence electrons. The quantitative estimate of drug-likeness (QED) is 0.759. The number of ether oxygens (including phenoxy) is 1. The topological polar surface area (TPSA) is 48.3 Å². The van der Waals surface area contributed by atoms with Gasteiger partial charge >= 0.3 is 5.97 Å². The van der Waals surface area contributed by atoms with Crippen molar-refractivity contribution in [1.82, 2.24) is 4.57 Å². The number of fused-ring (bicyclic) bond motifs is 1. The van der Waals surface area contributed by atoms with Crippen molar-refractivity contribution in [2.24, 2.45) is 0 Å². The van der Waals surface area contributed by atoms with Gasteiger partial charge in [-0.1, -0.05) is 42.1 Å². The van der Waals surface area contributed by atoms with Crippen molar-refractivity contribution in [2.45, 2.75) is 39.8 Å². The van der Waals surface area contributed by atoms with Gasteiger partial charge in [0.1, 0.15) is 12.1 Å². The summed E-state index contributed by atoms with van der Waals surface area (Å²) in [5.41, 5.74) is 1.52. The molecule has 0 amide bonds.